The van der Waals surface area contributed by atoms with Gasteiger partial charge >= 0.3 is 0 Å². The SMILES string of the molecule is CCCCOCCNc1ccnc(C(N)=O)c1. The van der Waals surface area contributed by atoms with Crippen LogP contribution in [0.15, 0.2) is 18.3 Å². The number of hydrogen-bond donors (Lipinski definition) is 2. The number of unbranched alkanes of at least 4 members (excludes halogenated alkanes) is 1. The van der Waals surface area contributed by atoms with E-state index in [0.717, 1.165) is 25.1 Å². The number of pyridine rings is 1. The van der Waals surface area contributed by atoms with Crippen LogP contribution in [-0.4, -0.2) is 30.6 Å². The van der Waals surface area contributed by atoms with Crippen molar-refractivity contribution in [3.8, 4) is 0 Å². The molecule has 1 rings (SSSR count). The number of amides is 1. The zero-order chi connectivity index (χ0) is 12.5. The van der Waals surface area contributed by atoms with Crippen molar-refractivity contribution in [2.24, 2.45) is 5.73 Å². The minimum atomic E-state index is -0.521. The Kier molecular flexibility index (Phi) is 6.03. The van der Waals surface area contributed by atoms with Gasteiger partial charge in [-0.1, -0.05) is 13.3 Å². The summed E-state index contributed by atoms with van der Waals surface area (Å²) in [5.41, 5.74) is 6.23. The first-order chi connectivity index (χ1) is 8.24. The van der Waals surface area contributed by atoms with Gasteiger partial charge in [0.15, 0.2) is 0 Å². The van der Waals surface area contributed by atoms with Crippen LogP contribution < -0.4 is 11.1 Å². The van der Waals surface area contributed by atoms with Gasteiger partial charge in [-0.25, -0.2) is 0 Å². The van der Waals surface area contributed by atoms with Gasteiger partial charge in [-0.3, -0.25) is 9.78 Å². The summed E-state index contributed by atoms with van der Waals surface area (Å²) in [5.74, 6) is -0.521. The predicted molar refractivity (Wildman–Crippen MR) is 67.0 cm³/mol. The molecule has 1 aromatic heterocycles. The lowest BCUT2D eigenvalue weighted by Crippen LogP contribution is -2.14. The molecule has 1 aromatic rings. The average Bonchev–Trinajstić information content (AvgIpc) is 2.34. The third kappa shape index (κ3) is 5.31. The first-order valence-corrected chi connectivity index (χ1v) is 5.81. The van der Waals surface area contributed by atoms with Crippen LogP contribution in [0.3, 0.4) is 0 Å². The second-order valence-corrected chi connectivity index (χ2v) is 3.69. The molecule has 94 valence electrons. The van der Waals surface area contributed by atoms with Crippen LogP contribution in [0.4, 0.5) is 5.69 Å². The first kappa shape index (κ1) is 13.4. The number of hydrogen-bond acceptors (Lipinski definition) is 4. The molecule has 0 fully saturated rings. The molecule has 0 atom stereocenters. The van der Waals surface area contributed by atoms with Crippen LogP contribution >= 0.6 is 0 Å². The Morgan fingerprint density at radius 1 is 1.53 bits per heavy atom. The number of carbonyl (C=O) groups excluding carboxylic acids is 1. The van der Waals surface area contributed by atoms with E-state index in [-0.39, 0.29) is 5.69 Å². The molecule has 0 unspecified atom stereocenters. The third-order valence-corrected chi connectivity index (χ3v) is 2.23. The van der Waals surface area contributed by atoms with Crippen LogP contribution in [0.25, 0.3) is 0 Å². The summed E-state index contributed by atoms with van der Waals surface area (Å²) in [7, 11) is 0. The Labute approximate surface area is 101 Å². The van der Waals surface area contributed by atoms with Crippen LogP contribution in [0.2, 0.25) is 0 Å². The van der Waals surface area contributed by atoms with Crippen molar-refractivity contribution in [3.63, 3.8) is 0 Å². The van der Waals surface area contributed by atoms with Gasteiger partial charge in [-0.05, 0) is 18.6 Å². The lowest BCUT2D eigenvalue weighted by molar-refractivity contribution is 0.0995. The minimum absolute atomic E-state index is 0.266. The molecule has 0 aliphatic heterocycles. The van der Waals surface area contributed by atoms with Crippen molar-refractivity contribution in [1.29, 1.82) is 0 Å². The molecule has 17 heavy (non-hydrogen) atoms. The normalized spacial score (nSPS) is 10.2. The summed E-state index contributed by atoms with van der Waals surface area (Å²) in [6.45, 7) is 4.27. The van der Waals surface area contributed by atoms with Gasteiger partial charge in [0.2, 0.25) is 0 Å². The van der Waals surface area contributed by atoms with Gasteiger partial charge in [-0.2, -0.15) is 0 Å². The number of anilines is 1. The highest BCUT2D eigenvalue weighted by Crippen LogP contribution is 2.06. The average molecular weight is 237 g/mol. The maximum atomic E-state index is 10.9. The van der Waals surface area contributed by atoms with Crippen molar-refractivity contribution in [2.45, 2.75) is 19.8 Å². The van der Waals surface area contributed by atoms with Gasteiger partial charge in [0.25, 0.3) is 5.91 Å². The Balaban J connectivity index is 2.27. The fourth-order valence-corrected chi connectivity index (χ4v) is 1.29. The summed E-state index contributed by atoms with van der Waals surface area (Å²) in [6, 6.07) is 3.42. The molecule has 0 aromatic carbocycles. The van der Waals surface area contributed by atoms with Gasteiger partial charge in [0.1, 0.15) is 5.69 Å². The zero-order valence-corrected chi connectivity index (χ0v) is 10.1. The smallest absolute Gasteiger partial charge is 0.267 e. The highest BCUT2D eigenvalue weighted by molar-refractivity contribution is 5.91. The molecule has 1 amide bonds. The molecule has 0 radical (unpaired) electrons. The molecule has 0 spiro atoms. The van der Waals surface area contributed by atoms with E-state index < -0.39 is 5.91 Å². The van der Waals surface area contributed by atoms with Crippen molar-refractivity contribution in [1.82, 2.24) is 4.98 Å². The summed E-state index contributed by atoms with van der Waals surface area (Å²) in [4.78, 5) is 14.8. The van der Waals surface area contributed by atoms with Crippen LogP contribution in [0, 0.1) is 0 Å². The summed E-state index contributed by atoms with van der Waals surface area (Å²) >= 11 is 0. The molecule has 0 aliphatic rings. The van der Waals surface area contributed by atoms with E-state index in [1.165, 1.54) is 0 Å². The van der Waals surface area contributed by atoms with E-state index in [1.807, 2.05) is 0 Å². The predicted octanol–water partition coefficient (Wildman–Crippen LogP) is 1.41. The number of nitrogens with two attached hydrogens (primary N) is 1. The Hall–Kier alpha value is -1.62. The number of aromatic nitrogens is 1. The van der Waals surface area contributed by atoms with E-state index in [9.17, 15) is 4.79 Å². The van der Waals surface area contributed by atoms with E-state index in [0.29, 0.717) is 13.2 Å². The van der Waals surface area contributed by atoms with Gasteiger partial charge in [-0.15, -0.1) is 0 Å². The molecule has 5 heteroatoms. The van der Waals surface area contributed by atoms with E-state index in [4.69, 9.17) is 10.5 Å². The Morgan fingerprint density at radius 3 is 3.06 bits per heavy atom. The molecule has 5 nitrogen and oxygen atoms in total. The first-order valence-electron chi connectivity index (χ1n) is 5.81. The second-order valence-electron chi connectivity index (χ2n) is 3.69. The number of ether oxygens (including phenoxy) is 1. The topological polar surface area (TPSA) is 77.2 Å². The fourth-order valence-electron chi connectivity index (χ4n) is 1.29. The number of nitrogens with one attached hydrogen (secondary N) is 1. The van der Waals surface area contributed by atoms with Gasteiger partial charge in [0, 0.05) is 25.0 Å². The number of rotatable bonds is 8. The second kappa shape index (κ2) is 7.62. The van der Waals surface area contributed by atoms with Crippen LogP contribution in [0.1, 0.15) is 30.3 Å². The monoisotopic (exact) mass is 237 g/mol. The summed E-state index contributed by atoms with van der Waals surface area (Å²) < 4.78 is 5.40. The van der Waals surface area contributed by atoms with E-state index >= 15 is 0 Å². The standard InChI is InChI=1S/C12H19N3O2/c1-2-3-7-17-8-6-14-10-4-5-15-11(9-10)12(13)16/h4-5,9H,2-3,6-8H2,1H3,(H2,13,16)(H,14,15). The number of carbonyl (C=O) groups is 1. The fraction of sp³-hybridized carbons (Fsp3) is 0.500. The summed E-state index contributed by atoms with van der Waals surface area (Å²) in [5, 5.41) is 3.14. The lowest BCUT2D eigenvalue weighted by atomic mass is 10.3. The summed E-state index contributed by atoms with van der Waals surface area (Å²) in [6.07, 6.45) is 3.78. The van der Waals surface area contributed by atoms with Crippen molar-refractivity contribution < 1.29 is 9.53 Å². The largest absolute Gasteiger partial charge is 0.383 e. The van der Waals surface area contributed by atoms with Crippen LogP contribution in [-0.2, 0) is 4.74 Å². The molecular weight excluding hydrogens is 218 g/mol. The zero-order valence-electron chi connectivity index (χ0n) is 10.1. The molecule has 0 bridgehead atoms. The molecule has 0 aliphatic carbocycles. The number of primary amides is 1. The molecule has 0 saturated carbocycles. The van der Waals surface area contributed by atoms with Gasteiger partial charge < -0.3 is 15.8 Å². The van der Waals surface area contributed by atoms with E-state index in [2.05, 4.69) is 17.2 Å². The van der Waals surface area contributed by atoms with Crippen molar-refractivity contribution in [3.05, 3.63) is 24.0 Å². The van der Waals surface area contributed by atoms with E-state index in [1.54, 1.807) is 18.3 Å². The highest BCUT2D eigenvalue weighted by Gasteiger charge is 2.02. The molecular formula is C12H19N3O2. The maximum absolute atomic E-state index is 10.9. The molecule has 1 heterocycles. The lowest BCUT2D eigenvalue weighted by Gasteiger charge is -2.07. The molecule has 0 saturated heterocycles. The third-order valence-electron chi connectivity index (χ3n) is 2.23. The van der Waals surface area contributed by atoms with Crippen molar-refractivity contribution >= 4 is 11.6 Å². The Morgan fingerprint density at radius 2 is 2.35 bits per heavy atom. The maximum Gasteiger partial charge on any atom is 0.267 e. The van der Waals surface area contributed by atoms with Crippen molar-refractivity contribution in [2.75, 3.05) is 25.1 Å². The molecule has 3 N–H and O–H groups in total. The highest BCUT2D eigenvalue weighted by atomic mass is 16.5. The Bertz CT molecular complexity index is 355. The number of nitrogens with zero attached hydrogens (tertiary/aromatic N) is 1. The minimum Gasteiger partial charge on any atom is -0.383 e. The van der Waals surface area contributed by atoms with Crippen LogP contribution in [0.5, 0.6) is 0 Å². The van der Waals surface area contributed by atoms with Gasteiger partial charge in [0.05, 0.1) is 6.61 Å². The quantitative estimate of drug-likeness (QED) is 0.670.